The fraction of sp³-hybridized carbons (Fsp3) is 0.381. The summed E-state index contributed by atoms with van der Waals surface area (Å²) in [5, 5.41) is 12.4. The smallest absolute Gasteiger partial charge is 0.234 e. The van der Waals surface area contributed by atoms with Crippen LogP contribution in [0, 0.1) is 0 Å². The van der Waals surface area contributed by atoms with E-state index in [9.17, 15) is 5.11 Å². The Balaban J connectivity index is 1.57. The maximum Gasteiger partial charge on any atom is 0.234 e. The average Bonchev–Trinajstić information content (AvgIpc) is 2.79. The second kappa shape index (κ2) is 9.10. The summed E-state index contributed by atoms with van der Waals surface area (Å²) >= 11 is 0. The third-order valence-electron chi connectivity index (χ3n) is 5.08. The van der Waals surface area contributed by atoms with Crippen LogP contribution in [0.5, 0.6) is 0 Å². The summed E-state index contributed by atoms with van der Waals surface area (Å²) in [4.78, 5) is 27.1. The molecule has 0 amide bonds. The molecule has 1 aliphatic heterocycles. The summed E-state index contributed by atoms with van der Waals surface area (Å²) in [6.45, 7) is 5.79. The van der Waals surface area contributed by atoms with E-state index in [0.29, 0.717) is 17.8 Å². The highest BCUT2D eigenvalue weighted by atomic mass is 16.3. The Morgan fingerprint density at radius 2 is 1.70 bits per heavy atom. The maximum absolute atomic E-state index is 9.22. The van der Waals surface area contributed by atoms with Gasteiger partial charge in [0, 0.05) is 44.4 Å². The Morgan fingerprint density at radius 3 is 2.40 bits per heavy atom. The van der Waals surface area contributed by atoms with E-state index in [1.165, 1.54) is 0 Å². The molecule has 1 fully saturated rings. The van der Waals surface area contributed by atoms with E-state index in [1.54, 1.807) is 6.20 Å². The number of piperazine rings is 1. The summed E-state index contributed by atoms with van der Waals surface area (Å²) in [6, 6.07) is 9.47. The van der Waals surface area contributed by atoms with Crippen LogP contribution in [0.25, 0.3) is 11.3 Å². The first-order valence-electron chi connectivity index (χ1n) is 10.1. The van der Waals surface area contributed by atoms with Crippen LogP contribution in [-0.2, 0) is 13.0 Å². The van der Waals surface area contributed by atoms with Crippen LogP contribution >= 0.6 is 0 Å². The molecule has 0 atom stereocenters. The number of aliphatic hydroxyl groups excluding tert-OH is 1. The monoisotopic (exact) mass is 406 g/mol. The summed E-state index contributed by atoms with van der Waals surface area (Å²) in [7, 11) is 2.12. The molecule has 30 heavy (non-hydrogen) atoms. The Hall–Kier alpha value is -3.17. The molecule has 3 heterocycles. The second-order valence-corrected chi connectivity index (χ2v) is 7.26. The molecule has 0 spiro atoms. The van der Waals surface area contributed by atoms with Gasteiger partial charge in [0.05, 0.1) is 12.3 Å². The summed E-state index contributed by atoms with van der Waals surface area (Å²) in [5.74, 6) is 2.30. The molecule has 2 N–H and O–H groups in total. The molecule has 0 radical (unpaired) electrons. The third-order valence-corrected chi connectivity index (χ3v) is 5.08. The van der Waals surface area contributed by atoms with Gasteiger partial charge in [-0.3, -0.25) is 5.32 Å². The lowest BCUT2D eigenvalue weighted by molar-refractivity contribution is 0.282. The van der Waals surface area contributed by atoms with Crippen LogP contribution in [-0.4, -0.2) is 68.2 Å². The van der Waals surface area contributed by atoms with Gasteiger partial charge in [0.25, 0.3) is 0 Å². The van der Waals surface area contributed by atoms with Crippen LogP contribution in [0.4, 0.5) is 17.8 Å². The lowest BCUT2D eigenvalue weighted by atomic mass is 10.1. The minimum atomic E-state index is 0.0195. The van der Waals surface area contributed by atoms with E-state index in [1.807, 2.05) is 37.3 Å². The van der Waals surface area contributed by atoms with Gasteiger partial charge in [-0.15, -0.1) is 0 Å². The number of aromatic nitrogens is 5. The van der Waals surface area contributed by atoms with Gasteiger partial charge in [-0.2, -0.15) is 15.0 Å². The van der Waals surface area contributed by atoms with Crippen molar-refractivity contribution in [1.82, 2.24) is 29.8 Å². The second-order valence-electron chi connectivity index (χ2n) is 7.26. The predicted octanol–water partition coefficient (Wildman–Crippen LogP) is 1.88. The van der Waals surface area contributed by atoms with Crippen LogP contribution in [0.1, 0.15) is 18.3 Å². The number of aryl methyl sites for hydroxylation is 1. The average molecular weight is 406 g/mol. The van der Waals surface area contributed by atoms with E-state index in [-0.39, 0.29) is 6.61 Å². The lowest BCUT2D eigenvalue weighted by Gasteiger charge is -2.32. The summed E-state index contributed by atoms with van der Waals surface area (Å²) in [6.07, 6.45) is 2.42. The van der Waals surface area contributed by atoms with Gasteiger partial charge in [0.15, 0.2) is 0 Å². The van der Waals surface area contributed by atoms with Crippen LogP contribution < -0.4 is 10.2 Å². The van der Waals surface area contributed by atoms with E-state index in [2.05, 4.69) is 47.1 Å². The zero-order valence-corrected chi connectivity index (χ0v) is 17.3. The molecular weight excluding hydrogens is 380 g/mol. The van der Waals surface area contributed by atoms with Crippen molar-refractivity contribution in [2.24, 2.45) is 0 Å². The Morgan fingerprint density at radius 1 is 0.933 bits per heavy atom. The van der Waals surface area contributed by atoms with E-state index >= 15 is 0 Å². The quantitative estimate of drug-likeness (QED) is 0.635. The highest BCUT2D eigenvalue weighted by molar-refractivity contribution is 5.61. The first-order chi connectivity index (χ1) is 14.6. The van der Waals surface area contributed by atoms with Crippen molar-refractivity contribution < 1.29 is 5.11 Å². The number of hydrogen-bond acceptors (Lipinski definition) is 9. The van der Waals surface area contributed by atoms with E-state index in [4.69, 9.17) is 0 Å². The maximum atomic E-state index is 9.22. The molecule has 0 bridgehead atoms. The molecule has 9 heteroatoms. The molecule has 2 aromatic heterocycles. The topological polar surface area (TPSA) is 103 Å². The normalized spacial score (nSPS) is 14.7. The number of hydrogen-bond donors (Lipinski definition) is 2. The SMILES string of the molecule is CCc1nc(Nc2nccc(-c3ccc(CO)cc3)n2)nc(N2CCN(C)CC2)n1. The van der Waals surface area contributed by atoms with E-state index < -0.39 is 0 Å². The van der Waals surface area contributed by atoms with Crippen molar-refractivity contribution in [1.29, 1.82) is 0 Å². The Kier molecular flexibility index (Phi) is 6.10. The van der Waals surface area contributed by atoms with Crippen molar-refractivity contribution in [3.05, 3.63) is 47.9 Å². The Bertz CT molecular complexity index is 987. The first-order valence-corrected chi connectivity index (χ1v) is 10.1. The van der Waals surface area contributed by atoms with Crippen LogP contribution in [0.15, 0.2) is 36.5 Å². The molecule has 0 saturated carbocycles. The predicted molar refractivity (Wildman–Crippen MR) is 116 cm³/mol. The first kappa shape index (κ1) is 20.1. The lowest BCUT2D eigenvalue weighted by Crippen LogP contribution is -2.45. The Labute approximate surface area is 175 Å². The molecule has 9 nitrogen and oxygen atoms in total. The zero-order chi connectivity index (χ0) is 20.9. The third kappa shape index (κ3) is 4.69. The van der Waals surface area contributed by atoms with Crippen LogP contribution in [0.2, 0.25) is 0 Å². The van der Waals surface area contributed by atoms with Crippen molar-refractivity contribution in [2.45, 2.75) is 20.0 Å². The number of nitrogens with zero attached hydrogens (tertiary/aromatic N) is 7. The molecule has 3 aromatic rings. The summed E-state index contributed by atoms with van der Waals surface area (Å²) < 4.78 is 0. The fourth-order valence-corrected chi connectivity index (χ4v) is 3.23. The fourth-order valence-electron chi connectivity index (χ4n) is 3.23. The van der Waals surface area contributed by atoms with Crippen LogP contribution in [0.3, 0.4) is 0 Å². The molecule has 0 aliphatic carbocycles. The van der Waals surface area contributed by atoms with Gasteiger partial charge >= 0.3 is 0 Å². The number of nitrogens with one attached hydrogen (secondary N) is 1. The molecule has 0 unspecified atom stereocenters. The van der Waals surface area contributed by atoms with Gasteiger partial charge in [-0.25, -0.2) is 9.97 Å². The largest absolute Gasteiger partial charge is 0.392 e. The number of rotatable bonds is 6. The molecule has 1 aliphatic rings. The van der Waals surface area contributed by atoms with Gasteiger partial charge in [-0.05, 0) is 18.7 Å². The molecule has 156 valence electrons. The van der Waals surface area contributed by atoms with Crippen molar-refractivity contribution in [2.75, 3.05) is 43.4 Å². The molecule has 1 aromatic carbocycles. The van der Waals surface area contributed by atoms with Crippen molar-refractivity contribution >= 4 is 17.8 Å². The highest BCUT2D eigenvalue weighted by Gasteiger charge is 2.18. The van der Waals surface area contributed by atoms with Gasteiger partial charge in [-0.1, -0.05) is 31.2 Å². The minimum Gasteiger partial charge on any atom is -0.392 e. The number of anilines is 3. The summed E-state index contributed by atoms with van der Waals surface area (Å²) in [5.41, 5.74) is 2.58. The number of aliphatic hydroxyl groups is 1. The van der Waals surface area contributed by atoms with Gasteiger partial charge in [0.1, 0.15) is 5.82 Å². The van der Waals surface area contributed by atoms with Crippen molar-refractivity contribution in [3.63, 3.8) is 0 Å². The standard InChI is InChI=1S/C21H26N8O/c1-3-18-24-20(27-21(25-18)29-12-10-28(2)11-13-29)26-19-22-9-8-17(23-19)16-6-4-15(14-30)5-7-16/h4-9,30H,3,10-14H2,1-2H3,(H,22,23,24,25,26,27). The number of likely N-dealkylation sites (N-methyl/N-ethyl adjacent to an activating group) is 1. The van der Waals surface area contributed by atoms with Gasteiger partial charge in [0.2, 0.25) is 17.8 Å². The van der Waals surface area contributed by atoms with Gasteiger partial charge < -0.3 is 14.9 Å². The highest BCUT2D eigenvalue weighted by Crippen LogP contribution is 2.20. The minimum absolute atomic E-state index is 0.0195. The molecule has 4 rings (SSSR count). The zero-order valence-electron chi connectivity index (χ0n) is 17.3. The van der Waals surface area contributed by atoms with Crippen molar-refractivity contribution in [3.8, 4) is 11.3 Å². The molecular formula is C21H26N8O. The number of benzene rings is 1. The molecule has 1 saturated heterocycles. The van der Waals surface area contributed by atoms with E-state index in [0.717, 1.165) is 55.2 Å².